The van der Waals surface area contributed by atoms with E-state index in [-0.39, 0.29) is 11.4 Å². The van der Waals surface area contributed by atoms with Crippen molar-refractivity contribution in [2.75, 3.05) is 12.4 Å². The number of hydrogen-bond acceptors (Lipinski definition) is 5. The molecular formula is C15H13N3O3. The van der Waals surface area contributed by atoms with Crippen molar-refractivity contribution in [3.05, 3.63) is 63.7 Å². The number of nitrogens with zero attached hydrogens (tertiary/aromatic N) is 2. The van der Waals surface area contributed by atoms with E-state index in [2.05, 4.69) is 11.4 Å². The van der Waals surface area contributed by atoms with Gasteiger partial charge in [0, 0.05) is 24.4 Å². The Morgan fingerprint density at radius 3 is 2.57 bits per heavy atom. The first kappa shape index (κ1) is 14.3. The number of nitro groups is 1. The number of benzene rings is 2. The van der Waals surface area contributed by atoms with Crippen LogP contribution in [0.4, 0.5) is 11.4 Å². The molecular weight excluding hydrogens is 270 g/mol. The molecule has 6 nitrogen and oxygen atoms in total. The highest BCUT2D eigenvalue weighted by molar-refractivity contribution is 5.58. The van der Waals surface area contributed by atoms with Crippen LogP contribution in [-0.2, 0) is 6.54 Å². The van der Waals surface area contributed by atoms with Crippen LogP contribution in [0.1, 0.15) is 11.1 Å². The second-order valence-corrected chi connectivity index (χ2v) is 4.31. The largest absolute Gasteiger partial charge is 0.490 e. The summed E-state index contributed by atoms with van der Waals surface area (Å²) >= 11 is 0. The minimum absolute atomic E-state index is 0.0681. The molecule has 0 aliphatic heterocycles. The number of nitrogens with one attached hydrogen (secondary N) is 1. The predicted molar refractivity (Wildman–Crippen MR) is 78.1 cm³/mol. The van der Waals surface area contributed by atoms with Gasteiger partial charge in [-0.1, -0.05) is 12.1 Å². The summed E-state index contributed by atoms with van der Waals surface area (Å²) in [4.78, 5) is 10.3. The Labute approximate surface area is 121 Å². The van der Waals surface area contributed by atoms with Gasteiger partial charge in [0.2, 0.25) is 0 Å². The van der Waals surface area contributed by atoms with E-state index in [4.69, 9.17) is 10.00 Å². The van der Waals surface area contributed by atoms with E-state index < -0.39 is 4.92 Å². The fraction of sp³-hybridized carbons (Fsp3) is 0.133. The van der Waals surface area contributed by atoms with Crippen LogP contribution in [0.5, 0.6) is 5.75 Å². The summed E-state index contributed by atoms with van der Waals surface area (Å²) in [7, 11) is 1.40. The van der Waals surface area contributed by atoms with Gasteiger partial charge in [-0.25, -0.2) is 0 Å². The van der Waals surface area contributed by atoms with Crippen molar-refractivity contribution in [3.8, 4) is 11.8 Å². The molecule has 0 spiro atoms. The van der Waals surface area contributed by atoms with Crippen molar-refractivity contribution < 1.29 is 9.66 Å². The third kappa shape index (κ3) is 3.48. The highest BCUT2D eigenvalue weighted by Gasteiger charge is 2.14. The fourth-order valence-electron chi connectivity index (χ4n) is 1.84. The van der Waals surface area contributed by atoms with Crippen molar-refractivity contribution in [3.63, 3.8) is 0 Å². The number of anilines is 1. The Morgan fingerprint density at radius 1 is 1.29 bits per heavy atom. The lowest BCUT2D eigenvalue weighted by atomic mass is 10.1. The molecule has 6 heteroatoms. The van der Waals surface area contributed by atoms with Crippen LogP contribution in [0.2, 0.25) is 0 Å². The third-order valence-electron chi connectivity index (χ3n) is 2.96. The van der Waals surface area contributed by atoms with Crippen LogP contribution in [-0.4, -0.2) is 12.0 Å². The topological polar surface area (TPSA) is 88.2 Å². The smallest absolute Gasteiger partial charge is 0.311 e. The quantitative estimate of drug-likeness (QED) is 0.673. The van der Waals surface area contributed by atoms with E-state index in [1.54, 1.807) is 24.3 Å². The molecule has 106 valence electrons. The zero-order valence-corrected chi connectivity index (χ0v) is 11.4. The summed E-state index contributed by atoms with van der Waals surface area (Å²) in [5.41, 5.74) is 2.27. The molecule has 0 radical (unpaired) electrons. The minimum Gasteiger partial charge on any atom is -0.490 e. The maximum Gasteiger partial charge on any atom is 0.311 e. The Balaban J connectivity index is 2.09. The van der Waals surface area contributed by atoms with Gasteiger partial charge in [-0.05, 0) is 23.8 Å². The molecule has 2 aromatic rings. The van der Waals surface area contributed by atoms with Gasteiger partial charge in [0.1, 0.15) is 0 Å². The van der Waals surface area contributed by atoms with Gasteiger partial charge in [0.05, 0.1) is 23.7 Å². The van der Waals surface area contributed by atoms with Crippen LogP contribution < -0.4 is 10.1 Å². The molecule has 0 saturated carbocycles. The van der Waals surface area contributed by atoms with Crippen molar-refractivity contribution in [1.29, 1.82) is 5.26 Å². The van der Waals surface area contributed by atoms with Gasteiger partial charge >= 0.3 is 5.69 Å². The average molecular weight is 283 g/mol. The van der Waals surface area contributed by atoms with E-state index in [1.165, 1.54) is 13.2 Å². The Hall–Kier alpha value is -3.07. The number of nitro benzene ring substituents is 1. The number of rotatable bonds is 5. The number of ether oxygens (including phenoxy) is 1. The Kier molecular flexibility index (Phi) is 4.36. The van der Waals surface area contributed by atoms with Crippen molar-refractivity contribution in [2.24, 2.45) is 0 Å². The Morgan fingerprint density at radius 2 is 2.00 bits per heavy atom. The molecule has 0 atom stereocenters. The second kappa shape index (κ2) is 6.39. The fourth-order valence-corrected chi connectivity index (χ4v) is 1.84. The second-order valence-electron chi connectivity index (χ2n) is 4.31. The number of nitriles is 1. The molecule has 0 aliphatic rings. The lowest BCUT2D eigenvalue weighted by Gasteiger charge is -2.08. The average Bonchev–Trinajstić information content (AvgIpc) is 2.52. The summed E-state index contributed by atoms with van der Waals surface area (Å²) in [5, 5.41) is 22.7. The van der Waals surface area contributed by atoms with Gasteiger partial charge in [-0.2, -0.15) is 5.26 Å². The van der Waals surface area contributed by atoms with E-state index >= 15 is 0 Å². The molecule has 0 saturated heterocycles. The van der Waals surface area contributed by atoms with Gasteiger partial charge in [0.15, 0.2) is 5.75 Å². The summed E-state index contributed by atoms with van der Waals surface area (Å²) < 4.78 is 5.01. The molecule has 2 aromatic carbocycles. The van der Waals surface area contributed by atoms with Crippen LogP contribution in [0, 0.1) is 21.4 Å². The van der Waals surface area contributed by atoms with Gasteiger partial charge in [0.25, 0.3) is 0 Å². The van der Waals surface area contributed by atoms with Gasteiger partial charge in [-0.3, -0.25) is 10.1 Å². The van der Waals surface area contributed by atoms with E-state index in [1.807, 2.05) is 12.1 Å². The molecule has 0 aromatic heterocycles. The molecule has 0 heterocycles. The number of methoxy groups -OCH3 is 1. The zero-order chi connectivity index (χ0) is 15.2. The molecule has 0 aliphatic carbocycles. The monoisotopic (exact) mass is 283 g/mol. The molecule has 21 heavy (non-hydrogen) atoms. The Bertz CT molecular complexity index is 690. The third-order valence-corrected chi connectivity index (χ3v) is 2.96. The normalized spacial score (nSPS) is 9.71. The molecule has 2 rings (SSSR count). The highest BCUT2D eigenvalue weighted by atomic mass is 16.6. The number of hydrogen-bond donors (Lipinski definition) is 1. The summed E-state index contributed by atoms with van der Waals surface area (Å²) in [6, 6.07) is 13.9. The maximum atomic E-state index is 10.8. The first-order valence-corrected chi connectivity index (χ1v) is 6.19. The molecule has 0 amide bonds. The van der Waals surface area contributed by atoms with Gasteiger partial charge < -0.3 is 10.1 Å². The summed E-state index contributed by atoms with van der Waals surface area (Å²) in [5.74, 6) is 0.213. The first-order valence-electron chi connectivity index (χ1n) is 6.19. The molecule has 0 fully saturated rings. The summed E-state index contributed by atoms with van der Waals surface area (Å²) in [6.45, 7) is 0.548. The molecule has 0 bridgehead atoms. The highest BCUT2D eigenvalue weighted by Crippen LogP contribution is 2.29. The van der Waals surface area contributed by atoms with Crippen LogP contribution in [0.15, 0.2) is 42.5 Å². The zero-order valence-electron chi connectivity index (χ0n) is 11.4. The lowest BCUT2D eigenvalue weighted by molar-refractivity contribution is -0.385. The maximum absolute atomic E-state index is 10.8. The van der Waals surface area contributed by atoms with Crippen LogP contribution >= 0.6 is 0 Å². The molecule has 0 unspecified atom stereocenters. The van der Waals surface area contributed by atoms with E-state index in [9.17, 15) is 10.1 Å². The molecule has 1 N–H and O–H groups in total. The van der Waals surface area contributed by atoms with Crippen molar-refractivity contribution in [1.82, 2.24) is 0 Å². The lowest BCUT2D eigenvalue weighted by Crippen LogP contribution is -2.01. The van der Waals surface area contributed by atoms with E-state index in [0.29, 0.717) is 12.1 Å². The first-order chi connectivity index (χ1) is 10.1. The van der Waals surface area contributed by atoms with Crippen LogP contribution in [0.3, 0.4) is 0 Å². The van der Waals surface area contributed by atoms with Gasteiger partial charge in [-0.15, -0.1) is 0 Å². The van der Waals surface area contributed by atoms with E-state index in [0.717, 1.165) is 11.3 Å². The predicted octanol–water partition coefficient (Wildman–Crippen LogP) is 3.09. The van der Waals surface area contributed by atoms with Crippen LogP contribution in [0.25, 0.3) is 0 Å². The standard InChI is InChI=1S/C15H13N3O3/c1-21-15-8-13(6-7-14(15)18(19)20)17-10-12-4-2-11(9-16)3-5-12/h2-8,17H,10H2,1H3. The SMILES string of the molecule is COc1cc(NCc2ccc(C#N)cc2)ccc1[N+](=O)[O-]. The minimum atomic E-state index is -0.483. The summed E-state index contributed by atoms with van der Waals surface area (Å²) in [6.07, 6.45) is 0. The van der Waals surface area contributed by atoms with Crippen molar-refractivity contribution >= 4 is 11.4 Å². The van der Waals surface area contributed by atoms with Crippen molar-refractivity contribution in [2.45, 2.75) is 6.54 Å².